The van der Waals surface area contributed by atoms with Gasteiger partial charge in [0.15, 0.2) is 0 Å². The normalized spacial score (nSPS) is 18.0. The molecule has 3 amide bonds. The molecule has 0 aliphatic carbocycles. The molecular weight excluding hydrogens is 888 g/mol. The lowest BCUT2D eigenvalue weighted by Gasteiger charge is -2.43. The van der Waals surface area contributed by atoms with Crippen molar-refractivity contribution in [2.24, 2.45) is 0 Å². The van der Waals surface area contributed by atoms with Crippen LogP contribution in [0.15, 0.2) is 65.4 Å². The second-order valence-corrected chi connectivity index (χ2v) is 18.6. The van der Waals surface area contributed by atoms with Crippen molar-refractivity contribution in [2.75, 3.05) is 68.2 Å². The number of amides is 3. The molecule has 3 aliphatic heterocycles. The molecule has 3 saturated heterocycles. The lowest BCUT2D eigenvalue weighted by Crippen LogP contribution is -2.56. The van der Waals surface area contributed by atoms with E-state index in [-0.39, 0.29) is 36.9 Å². The molecule has 326 valence electrons. The van der Waals surface area contributed by atoms with Gasteiger partial charge in [-0.3, -0.25) is 24.6 Å². The number of hydrogen-bond acceptors (Lipinski definition) is 12. The third-order valence-electron chi connectivity index (χ3n) is 11.8. The number of nitrogens with one attached hydrogen (secondary N) is 3. The van der Waals surface area contributed by atoms with Crippen molar-refractivity contribution in [3.63, 3.8) is 0 Å². The number of methoxy groups -OCH3 is 1. The minimum Gasteiger partial charge on any atom is -0.494 e. The molecule has 0 saturated carbocycles. The summed E-state index contributed by atoms with van der Waals surface area (Å²) < 4.78 is 62.8. The molecule has 8 rings (SSSR count). The van der Waals surface area contributed by atoms with Gasteiger partial charge >= 0.3 is 0 Å². The Morgan fingerprint density at radius 2 is 1.73 bits per heavy atom. The molecule has 3 fully saturated rings. The molecule has 3 N–H and O–H groups in total. The molecule has 15 nitrogen and oxygen atoms in total. The van der Waals surface area contributed by atoms with Gasteiger partial charge in [-0.05, 0) is 90.0 Å². The number of carbonyl (C=O) groups excluding carboxylic acids is 3. The van der Waals surface area contributed by atoms with Crippen molar-refractivity contribution in [3.8, 4) is 5.75 Å². The predicted molar refractivity (Wildman–Crippen MR) is 235 cm³/mol. The van der Waals surface area contributed by atoms with Gasteiger partial charge in [0.1, 0.15) is 23.2 Å². The number of hydrogen-bond donors (Lipinski definition) is 3. The summed E-state index contributed by atoms with van der Waals surface area (Å²) in [5.41, 5.74) is 3.86. The van der Waals surface area contributed by atoms with E-state index in [1.54, 1.807) is 25.4 Å². The number of rotatable bonds is 12. The molecule has 1 unspecified atom stereocenters. The van der Waals surface area contributed by atoms with E-state index in [1.165, 1.54) is 22.3 Å². The number of piperazine rings is 1. The Bertz CT molecular complexity index is 2670. The number of aromatic nitrogens is 3. The predicted octanol–water partition coefficient (Wildman–Crippen LogP) is 5.96. The Morgan fingerprint density at radius 3 is 2.42 bits per heavy atom. The van der Waals surface area contributed by atoms with Crippen LogP contribution in [0.3, 0.4) is 0 Å². The SMILES string of the molecule is COc1cc(N2CCC(N3CCN(CCc4cc(F)c(C5CCC(=O)NC5=O)c(F)c4)CC3=O)CC2)c(C)cc1Nc1ncc(Br)c(Nc2cccc3ccn(S(C)(=O)=O)c23)n1. The molecule has 5 heterocycles. The number of carbonyl (C=O) groups is 3. The fourth-order valence-corrected chi connectivity index (χ4v) is 9.80. The van der Waals surface area contributed by atoms with Crippen molar-refractivity contribution in [2.45, 2.75) is 51.0 Å². The summed E-state index contributed by atoms with van der Waals surface area (Å²) in [6.45, 7) is 5.37. The molecule has 0 spiro atoms. The fraction of sp³-hybridized carbons (Fsp3) is 0.372. The summed E-state index contributed by atoms with van der Waals surface area (Å²) in [4.78, 5) is 52.6. The third-order valence-corrected chi connectivity index (χ3v) is 13.4. The van der Waals surface area contributed by atoms with Gasteiger partial charge < -0.3 is 25.2 Å². The third kappa shape index (κ3) is 8.96. The summed E-state index contributed by atoms with van der Waals surface area (Å²) in [6.07, 6.45) is 6.28. The van der Waals surface area contributed by atoms with E-state index in [4.69, 9.17) is 9.72 Å². The van der Waals surface area contributed by atoms with Gasteiger partial charge in [-0.1, -0.05) is 12.1 Å². The highest BCUT2D eigenvalue weighted by Gasteiger charge is 2.34. The van der Waals surface area contributed by atoms with Gasteiger partial charge in [-0.15, -0.1) is 0 Å². The Labute approximate surface area is 366 Å². The number of imide groups is 1. The van der Waals surface area contributed by atoms with E-state index in [0.29, 0.717) is 70.5 Å². The maximum absolute atomic E-state index is 15.1. The summed E-state index contributed by atoms with van der Waals surface area (Å²) in [7, 11) is -1.96. The van der Waals surface area contributed by atoms with Gasteiger partial charge in [0.25, 0.3) is 0 Å². The number of aryl methyl sites for hydroxylation is 1. The quantitative estimate of drug-likeness (QED) is 0.126. The van der Waals surface area contributed by atoms with Gasteiger partial charge in [0.05, 0.1) is 47.2 Å². The maximum Gasteiger partial charge on any atom is 0.237 e. The smallest absolute Gasteiger partial charge is 0.237 e. The van der Waals surface area contributed by atoms with Crippen LogP contribution < -0.4 is 25.6 Å². The molecule has 5 aromatic rings. The Morgan fingerprint density at radius 1 is 0.968 bits per heavy atom. The average Bonchev–Trinajstić information content (AvgIpc) is 3.69. The first kappa shape index (κ1) is 43.0. The van der Waals surface area contributed by atoms with E-state index in [9.17, 15) is 22.8 Å². The van der Waals surface area contributed by atoms with Crippen LogP contribution >= 0.6 is 15.9 Å². The lowest BCUT2D eigenvalue weighted by atomic mass is 9.89. The monoisotopic (exact) mass is 933 g/mol. The number of nitrogens with zero attached hydrogens (tertiary/aromatic N) is 6. The number of benzene rings is 3. The first-order chi connectivity index (χ1) is 29.7. The number of halogens is 3. The number of fused-ring (bicyclic) bond motifs is 1. The lowest BCUT2D eigenvalue weighted by molar-refractivity contribution is -0.139. The van der Waals surface area contributed by atoms with Crippen molar-refractivity contribution in [1.82, 2.24) is 29.1 Å². The van der Waals surface area contributed by atoms with E-state index in [1.807, 2.05) is 41.0 Å². The number of piperidine rings is 2. The van der Waals surface area contributed by atoms with Crippen LogP contribution in [-0.2, 0) is 30.8 Å². The summed E-state index contributed by atoms with van der Waals surface area (Å²) >= 11 is 3.52. The van der Waals surface area contributed by atoms with E-state index in [2.05, 4.69) is 41.8 Å². The highest BCUT2D eigenvalue weighted by atomic mass is 79.9. The summed E-state index contributed by atoms with van der Waals surface area (Å²) in [5.74, 6) is -2.46. The van der Waals surface area contributed by atoms with Crippen molar-refractivity contribution in [1.29, 1.82) is 0 Å². The molecule has 1 atom stereocenters. The Hall–Kier alpha value is -5.66. The van der Waals surface area contributed by atoms with Crippen LogP contribution in [0.5, 0.6) is 5.75 Å². The summed E-state index contributed by atoms with van der Waals surface area (Å²) in [5, 5.41) is 9.45. The largest absolute Gasteiger partial charge is 0.494 e. The van der Waals surface area contributed by atoms with E-state index >= 15 is 8.78 Å². The van der Waals surface area contributed by atoms with Gasteiger partial charge in [-0.2, -0.15) is 4.98 Å². The number of ether oxygens (including phenoxy) is 1. The van der Waals surface area contributed by atoms with Crippen LogP contribution in [0.25, 0.3) is 10.9 Å². The van der Waals surface area contributed by atoms with Crippen molar-refractivity contribution in [3.05, 3.63) is 93.7 Å². The highest BCUT2D eigenvalue weighted by molar-refractivity contribution is 9.10. The molecule has 62 heavy (non-hydrogen) atoms. The van der Waals surface area contributed by atoms with E-state index in [0.717, 1.165) is 48.8 Å². The van der Waals surface area contributed by atoms with Gasteiger partial charge in [0, 0.05) is 80.3 Å². The van der Waals surface area contributed by atoms with Gasteiger partial charge in [0.2, 0.25) is 33.7 Å². The number of anilines is 5. The zero-order valence-corrected chi connectivity index (χ0v) is 36.8. The first-order valence-corrected chi connectivity index (χ1v) is 22.9. The Balaban J connectivity index is 0.864. The minimum atomic E-state index is -3.56. The molecule has 0 bridgehead atoms. The topological polar surface area (TPSA) is 171 Å². The molecule has 2 aromatic heterocycles. The molecule has 0 radical (unpaired) electrons. The first-order valence-electron chi connectivity index (χ1n) is 20.3. The van der Waals surface area contributed by atoms with Crippen LogP contribution in [-0.4, -0.2) is 109 Å². The van der Waals surface area contributed by atoms with Crippen LogP contribution in [0, 0.1) is 18.6 Å². The second kappa shape index (κ2) is 17.6. The molecule has 3 aliphatic rings. The zero-order chi connectivity index (χ0) is 43.9. The minimum absolute atomic E-state index is 0.0269. The molecule has 19 heteroatoms. The van der Waals surface area contributed by atoms with Crippen LogP contribution in [0.2, 0.25) is 0 Å². The van der Waals surface area contributed by atoms with Crippen molar-refractivity contribution < 1.29 is 36.3 Å². The Kier molecular flexibility index (Phi) is 12.2. The van der Waals surface area contributed by atoms with E-state index < -0.39 is 39.4 Å². The van der Waals surface area contributed by atoms with Crippen molar-refractivity contribution >= 4 is 83.4 Å². The van der Waals surface area contributed by atoms with Crippen LogP contribution in [0.1, 0.15) is 48.3 Å². The maximum atomic E-state index is 15.1. The average molecular weight is 935 g/mol. The standard InChI is InChI=1S/C43H46BrF2N9O6S/c1-25-19-34(49-43-47-23-30(44)41(51-43)48-33-6-4-5-27-10-16-55(40(27)33)62(3,59)60)36(61-2)22-35(25)53-14-11-28(12-15-53)54-18-17-52(24-38(54)57)13-9-26-20-31(45)39(32(46)21-26)29-7-8-37(56)50-42(29)58/h4-6,10,16,19-23,28-29H,7-9,11-15,17-18,24H2,1-3H3,(H,50,56,58)(H2,47,48,49,51). The zero-order valence-electron chi connectivity index (χ0n) is 34.4. The van der Waals surface area contributed by atoms with Gasteiger partial charge in [-0.25, -0.2) is 26.2 Å². The second-order valence-electron chi connectivity index (χ2n) is 15.9. The highest BCUT2D eigenvalue weighted by Crippen LogP contribution is 2.38. The molecule has 3 aromatic carbocycles. The fourth-order valence-electron chi connectivity index (χ4n) is 8.69. The number of para-hydroxylation sites is 1. The molecular formula is C43H46BrF2N9O6S. The summed E-state index contributed by atoms with van der Waals surface area (Å²) in [6, 6.07) is 13.7. The van der Waals surface area contributed by atoms with Crippen LogP contribution in [0.4, 0.5) is 37.6 Å².